The van der Waals surface area contributed by atoms with Crippen molar-refractivity contribution in [1.82, 2.24) is 10.2 Å². The summed E-state index contributed by atoms with van der Waals surface area (Å²) in [6.45, 7) is 3.25. The van der Waals surface area contributed by atoms with Gasteiger partial charge in [0.25, 0.3) is 0 Å². The van der Waals surface area contributed by atoms with Crippen molar-refractivity contribution in [3.63, 3.8) is 0 Å². The zero-order valence-corrected chi connectivity index (χ0v) is 16.7. The van der Waals surface area contributed by atoms with Gasteiger partial charge in [-0.2, -0.15) is 0 Å². The lowest BCUT2D eigenvalue weighted by Gasteiger charge is -2.21. The Balaban J connectivity index is 1.57. The Morgan fingerprint density at radius 1 is 1.23 bits per heavy atom. The summed E-state index contributed by atoms with van der Waals surface area (Å²) in [5, 5.41) is 2.74. The number of rotatable bonds is 6. The maximum absolute atomic E-state index is 12.4. The van der Waals surface area contributed by atoms with Gasteiger partial charge >= 0.3 is 6.36 Å². The van der Waals surface area contributed by atoms with Crippen molar-refractivity contribution in [2.45, 2.75) is 32.5 Å². The maximum Gasteiger partial charge on any atom is 0.573 e. The molecule has 1 heterocycles. The highest BCUT2D eigenvalue weighted by Gasteiger charge is 2.31. The second kappa shape index (κ2) is 9.25. The first-order chi connectivity index (χ1) is 14.2. The van der Waals surface area contributed by atoms with Crippen LogP contribution in [-0.4, -0.2) is 43.5 Å². The summed E-state index contributed by atoms with van der Waals surface area (Å²) in [4.78, 5) is 14.4. The van der Waals surface area contributed by atoms with Gasteiger partial charge in [-0.15, -0.1) is 13.2 Å². The Kier molecular flexibility index (Phi) is 6.71. The maximum atomic E-state index is 12.4. The van der Waals surface area contributed by atoms with E-state index in [0.29, 0.717) is 24.4 Å². The van der Waals surface area contributed by atoms with Gasteiger partial charge in [0.05, 0.1) is 13.7 Å². The Morgan fingerprint density at radius 3 is 2.77 bits per heavy atom. The van der Waals surface area contributed by atoms with Gasteiger partial charge in [-0.05, 0) is 30.7 Å². The van der Waals surface area contributed by atoms with Crippen molar-refractivity contribution in [3.05, 3.63) is 53.6 Å². The minimum Gasteiger partial charge on any atom is -0.497 e. The lowest BCUT2D eigenvalue weighted by atomic mass is 10.2. The van der Waals surface area contributed by atoms with Crippen LogP contribution in [0.4, 0.5) is 13.2 Å². The molecule has 1 amide bonds. The van der Waals surface area contributed by atoms with Gasteiger partial charge in [-0.1, -0.05) is 18.2 Å². The van der Waals surface area contributed by atoms with Crippen LogP contribution in [0.3, 0.4) is 0 Å². The second-order valence-electron chi connectivity index (χ2n) is 7.04. The van der Waals surface area contributed by atoms with E-state index in [1.54, 1.807) is 13.2 Å². The van der Waals surface area contributed by atoms with Crippen molar-refractivity contribution >= 4 is 5.91 Å². The van der Waals surface area contributed by atoms with Crippen molar-refractivity contribution in [3.8, 4) is 17.2 Å². The minimum absolute atomic E-state index is 0.0988. The number of hydrogen-bond donors (Lipinski definition) is 1. The molecule has 2 aromatic carbocycles. The number of halogens is 3. The molecule has 0 bridgehead atoms. The predicted octanol–water partition coefficient (Wildman–Crippen LogP) is 3.49. The molecule has 0 spiro atoms. The predicted molar refractivity (Wildman–Crippen MR) is 103 cm³/mol. The first kappa shape index (κ1) is 21.8. The van der Waals surface area contributed by atoms with Crippen LogP contribution in [0.1, 0.15) is 18.1 Å². The third-order valence-electron chi connectivity index (χ3n) is 4.50. The summed E-state index contributed by atoms with van der Waals surface area (Å²) in [6.07, 6.45) is -4.88. The Labute approximate surface area is 172 Å². The number of carbonyl (C=O) groups excluding carboxylic acids is 1. The molecule has 0 aromatic heterocycles. The van der Waals surface area contributed by atoms with Crippen LogP contribution >= 0.6 is 0 Å². The van der Waals surface area contributed by atoms with Crippen LogP contribution in [0.15, 0.2) is 42.5 Å². The molecule has 0 aliphatic carbocycles. The fourth-order valence-electron chi connectivity index (χ4n) is 3.26. The summed E-state index contributed by atoms with van der Waals surface area (Å²) in [5.41, 5.74) is 1.46. The van der Waals surface area contributed by atoms with E-state index in [-0.39, 0.29) is 30.9 Å². The second-order valence-corrected chi connectivity index (χ2v) is 7.04. The molecule has 1 atom stereocenters. The van der Waals surface area contributed by atoms with Gasteiger partial charge in [-0.3, -0.25) is 9.69 Å². The van der Waals surface area contributed by atoms with Gasteiger partial charge in [0, 0.05) is 31.3 Å². The molecule has 0 radical (unpaired) electrons. The average Bonchev–Trinajstić information content (AvgIpc) is 2.81. The number of hydrogen-bond acceptors (Lipinski definition) is 5. The molecule has 6 nitrogen and oxygen atoms in total. The lowest BCUT2D eigenvalue weighted by Crippen LogP contribution is -2.39. The number of alkyl halides is 3. The molecule has 0 saturated heterocycles. The molecule has 1 aliphatic heterocycles. The number of fused-ring (bicyclic) bond motifs is 1. The van der Waals surface area contributed by atoms with Crippen LogP contribution in [-0.2, 0) is 17.9 Å². The van der Waals surface area contributed by atoms with Crippen molar-refractivity contribution < 1.29 is 32.2 Å². The molecule has 3 rings (SSSR count). The zero-order chi connectivity index (χ0) is 21.7. The standard InChI is InChI=1S/C21H23F3N2O4/c1-14-11-26(12-16-6-7-17(28-2)9-19(16)29-14)13-20(27)25-10-15-4-3-5-18(8-15)30-21(22,23)24/h3-9,14H,10-13H2,1-2H3,(H,25,27). The van der Waals surface area contributed by atoms with Gasteiger partial charge < -0.3 is 19.5 Å². The molecule has 1 unspecified atom stereocenters. The number of methoxy groups -OCH3 is 1. The van der Waals surface area contributed by atoms with Crippen LogP contribution in [0.5, 0.6) is 17.2 Å². The fraction of sp³-hybridized carbons (Fsp3) is 0.381. The molecular formula is C21H23F3N2O4. The first-order valence-electron chi connectivity index (χ1n) is 9.39. The number of nitrogens with zero attached hydrogens (tertiary/aromatic N) is 1. The van der Waals surface area contributed by atoms with E-state index in [9.17, 15) is 18.0 Å². The average molecular weight is 424 g/mol. The minimum atomic E-state index is -4.76. The van der Waals surface area contributed by atoms with E-state index in [1.807, 2.05) is 30.0 Å². The van der Waals surface area contributed by atoms with Crippen molar-refractivity contribution in [2.24, 2.45) is 0 Å². The molecule has 1 N–H and O–H groups in total. The van der Waals surface area contributed by atoms with E-state index in [2.05, 4.69) is 10.1 Å². The molecule has 0 saturated carbocycles. The SMILES string of the molecule is COc1ccc2c(c1)OC(C)CN(CC(=O)NCc1cccc(OC(F)(F)F)c1)C2. The Morgan fingerprint density at radius 2 is 2.03 bits per heavy atom. The van der Waals surface area contributed by atoms with Crippen LogP contribution in [0, 0.1) is 0 Å². The van der Waals surface area contributed by atoms with E-state index < -0.39 is 6.36 Å². The normalized spacial score (nSPS) is 16.8. The zero-order valence-electron chi connectivity index (χ0n) is 16.7. The number of ether oxygens (including phenoxy) is 3. The van der Waals surface area contributed by atoms with Crippen molar-refractivity contribution in [2.75, 3.05) is 20.2 Å². The summed E-state index contributed by atoms with van der Waals surface area (Å²) < 4.78 is 52.1. The molecule has 2 aromatic rings. The van der Waals surface area contributed by atoms with Crippen LogP contribution < -0.4 is 19.5 Å². The third kappa shape index (κ3) is 6.28. The Hall–Kier alpha value is -2.94. The first-order valence-corrected chi connectivity index (χ1v) is 9.39. The molecule has 162 valence electrons. The summed E-state index contributed by atoms with van der Waals surface area (Å²) >= 11 is 0. The summed E-state index contributed by atoms with van der Waals surface area (Å²) in [6, 6.07) is 11.1. The smallest absolute Gasteiger partial charge is 0.497 e. The monoisotopic (exact) mass is 424 g/mol. The highest BCUT2D eigenvalue weighted by Crippen LogP contribution is 2.29. The molecule has 9 heteroatoms. The van der Waals surface area contributed by atoms with Crippen LogP contribution in [0.2, 0.25) is 0 Å². The fourth-order valence-corrected chi connectivity index (χ4v) is 3.26. The summed E-state index contributed by atoms with van der Waals surface area (Å²) in [5.74, 6) is 0.871. The highest BCUT2D eigenvalue weighted by molar-refractivity contribution is 5.78. The lowest BCUT2D eigenvalue weighted by molar-refractivity contribution is -0.274. The Bertz CT molecular complexity index is 889. The van der Waals surface area contributed by atoms with E-state index in [0.717, 1.165) is 11.3 Å². The quantitative estimate of drug-likeness (QED) is 0.769. The van der Waals surface area contributed by atoms with Gasteiger partial charge in [0.1, 0.15) is 23.4 Å². The highest BCUT2D eigenvalue weighted by atomic mass is 19.4. The topological polar surface area (TPSA) is 60.0 Å². The largest absolute Gasteiger partial charge is 0.573 e. The molecular weight excluding hydrogens is 401 g/mol. The van der Waals surface area contributed by atoms with E-state index in [4.69, 9.17) is 9.47 Å². The van der Waals surface area contributed by atoms with E-state index in [1.165, 1.54) is 18.2 Å². The van der Waals surface area contributed by atoms with Gasteiger partial charge in [-0.25, -0.2) is 0 Å². The van der Waals surface area contributed by atoms with Gasteiger partial charge in [0.15, 0.2) is 0 Å². The number of amides is 1. The molecule has 1 aliphatic rings. The number of carbonyl (C=O) groups is 1. The molecule has 30 heavy (non-hydrogen) atoms. The number of nitrogens with one attached hydrogen (secondary N) is 1. The van der Waals surface area contributed by atoms with Gasteiger partial charge in [0.2, 0.25) is 5.91 Å². The van der Waals surface area contributed by atoms with Crippen molar-refractivity contribution in [1.29, 1.82) is 0 Å². The van der Waals surface area contributed by atoms with E-state index >= 15 is 0 Å². The molecule has 0 fully saturated rings. The summed E-state index contributed by atoms with van der Waals surface area (Å²) in [7, 11) is 1.59. The third-order valence-corrected chi connectivity index (χ3v) is 4.50. The number of benzene rings is 2. The van der Waals surface area contributed by atoms with Crippen LogP contribution in [0.25, 0.3) is 0 Å².